The third-order valence-electron chi connectivity index (χ3n) is 5.16. The molecule has 5 heteroatoms. The number of aromatic nitrogens is 5. The fourth-order valence-corrected chi connectivity index (χ4v) is 4.08. The van der Waals surface area contributed by atoms with Gasteiger partial charge in [0, 0.05) is 30.4 Å². The van der Waals surface area contributed by atoms with Crippen molar-refractivity contribution < 1.29 is 8.68 Å². The van der Waals surface area contributed by atoms with E-state index in [0.717, 1.165) is 33.5 Å². The number of imidazole rings is 1. The molecule has 0 N–H and O–H groups in total. The van der Waals surface area contributed by atoms with Gasteiger partial charge in [-0.05, 0) is 24.3 Å². The van der Waals surface area contributed by atoms with Crippen LogP contribution in [0, 0.1) is 0 Å². The summed E-state index contributed by atoms with van der Waals surface area (Å²) < 4.78 is 30.4. The first-order chi connectivity index (χ1) is 14.1. The van der Waals surface area contributed by atoms with E-state index in [1.807, 2.05) is 42.6 Å². The topological polar surface area (TPSA) is 39.5 Å². The van der Waals surface area contributed by atoms with E-state index in [0.29, 0.717) is 17.7 Å². The maximum atomic E-state index is 8.23. The maximum Gasteiger partial charge on any atom is 0.270 e. The number of aryl methyl sites for hydroxylation is 1. The normalized spacial score (nSPS) is 14.8. The van der Waals surface area contributed by atoms with Crippen molar-refractivity contribution in [1.82, 2.24) is 19.1 Å². The van der Waals surface area contributed by atoms with Gasteiger partial charge in [-0.3, -0.25) is 14.5 Å². The van der Waals surface area contributed by atoms with Crippen molar-refractivity contribution >= 4 is 22.1 Å². The van der Waals surface area contributed by atoms with Crippen LogP contribution in [0.4, 0.5) is 0 Å². The van der Waals surface area contributed by atoms with Crippen LogP contribution >= 0.6 is 0 Å². The lowest BCUT2D eigenvalue weighted by Gasteiger charge is -2.03. The zero-order valence-electron chi connectivity index (χ0n) is 16.8. The molecule has 4 aromatic heterocycles. The number of rotatable bonds is 1. The average molecular weight is 341 g/mol. The van der Waals surface area contributed by atoms with Gasteiger partial charge in [-0.1, -0.05) is 18.2 Å². The molecule has 5 nitrogen and oxygen atoms in total. The van der Waals surface area contributed by atoms with Crippen molar-refractivity contribution in [2.45, 2.75) is 6.54 Å². The summed E-state index contributed by atoms with van der Waals surface area (Å²) in [5.41, 5.74) is 5.28. The quantitative estimate of drug-likeness (QED) is 0.431. The van der Waals surface area contributed by atoms with Crippen molar-refractivity contribution in [3.8, 4) is 17.1 Å². The largest absolute Gasteiger partial charge is 0.270 e. The first-order valence-corrected chi connectivity index (χ1v) is 8.47. The van der Waals surface area contributed by atoms with Crippen LogP contribution in [0.15, 0.2) is 67.3 Å². The van der Waals surface area contributed by atoms with Gasteiger partial charge in [0.25, 0.3) is 5.65 Å². The lowest BCUT2D eigenvalue weighted by molar-refractivity contribution is -0.648. The molecule has 6 rings (SSSR count). The van der Waals surface area contributed by atoms with Crippen molar-refractivity contribution in [1.29, 1.82) is 0 Å². The summed E-state index contributed by atoms with van der Waals surface area (Å²) in [6.07, 6.45) is 7.02. The second-order valence-electron chi connectivity index (χ2n) is 6.51. The SMILES string of the molecule is [2H]C([2H])([2H])n1c2ccncc2c2c1[n+]1c(n2-c2ccccc2)-c2cnccc2C1. The Labute approximate surface area is 154 Å². The Morgan fingerprint density at radius 2 is 1.88 bits per heavy atom. The highest BCUT2D eigenvalue weighted by molar-refractivity contribution is 6.05. The summed E-state index contributed by atoms with van der Waals surface area (Å²) in [6, 6.07) is 13.8. The van der Waals surface area contributed by atoms with Gasteiger partial charge in [-0.15, -0.1) is 0 Å². The molecule has 5 heterocycles. The molecular formula is C21H16N5+. The fourth-order valence-electron chi connectivity index (χ4n) is 4.08. The second kappa shape index (κ2) is 4.79. The Morgan fingerprint density at radius 1 is 1.04 bits per heavy atom. The van der Waals surface area contributed by atoms with Crippen molar-refractivity contribution in [2.24, 2.45) is 6.98 Å². The summed E-state index contributed by atoms with van der Waals surface area (Å²) in [5, 5.41) is 0.815. The number of fused-ring (bicyclic) bond motifs is 7. The molecule has 0 unspecified atom stereocenters. The summed E-state index contributed by atoms with van der Waals surface area (Å²) >= 11 is 0. The van der Waals surface area contributed by atoms with E-state index in [2.05, 4.69) is 19.1 Å². The first kappa shape index (κ1) is 11.2. The third-order valence-corrected chi connectivity index (χ3v) is 5.16. The predicted octanol–water partition coefficient (Wildman–Crippen LogP) is 3.23. The van der Waals surface area contributed by atoms with Crippen LogP contribution < -0.4 is 4.57 Å². The second-order valence-corrected chi connectivity index (χ2v) is 6.51. The van der Waals surface area contributed by atoms with E-state index in [4.69, 9.17) is 4.11 Å². The Kier molecular flexibility index (Phi) is 2.06. The van der Waals surface area contributed by atoms with E-state index >= 15 is 0 Å². The molecule has 0 spiro atoms. The highest BCUT2D eigenvalue weighted by Gasteiger charge is 2.36. The van der Waals surface area contributed by atoms with Crippen LogP contribution in [0.25, 0.3) is 39.1 Å². The van der Waals surface area contributed by atoms with E-state index in [-0.39, 0.29) is 0 Å². The lowest BCUT2D eigenvalue weighted by Crippen LogP contribution is -2.33. The van der Waals surface area contributed by atoms with Gasteiger partial charge in [0.05, 0.1) is 28.6 Å². The summed E-state index contributed by atoms with van der Waals surface area (Å²) in [4.78, 5) is 8.61. The number of hydrogen-bond donors (Lipinski definition) is 0. The zero-order valence-corrected chi connectivity index (χ0v) is 13.8. The van der Waals surface area contributed by atoms with E-state index in [1.54, 1.807) is 24.7 Å². The Hall–Kier alpha value is -3.47. The highest BCUT2D eigenvalue weighted by Crippen LogP contribution is 2.37. The van der Waals surface area contributed by atoms with Crippen LogP contribution in [0.1, 0.15) is 9.68 Å². The minimum atomic E-state index is -2.32. The minimum Gasteiger partial charge on any atom is -0.264 e. The molecule has 1 aromatic carbocycles. The summed E-state index contributed by atoms with van der Waals surface area (Å²) in [6.45, 7) is -1.72. The Bertz CT molecular complexity index is 1410. The standard InChI is InChI=1S/C21H16N5/c1-24-18-8-10-23-12-17(18)19-21(24)25-13-14-7-9-22-11-16(14)20(25)26(19)15-5-3-2-4-6-15/h2-12H,13H2,1H3/q+1/i1D3. The van der Waals surface area contributed by atoms with Crippen molar-refractivity contribution in [3.05, 3.63) is 72.8 Å². The molecule has 0 amide bonds. The molecule has 5 aromatic rings. The molecule has 0 saturated heterocycles. The predicted molar refractivity (Wildman–Crippen MR) is 100 cm³/mol. The van der Waals surface area contributed by atoms with Crippen LogP contribution in [0.3, 0.4) is 0 Å². The van der Waals surface area contributed by atoms with Gasteiger partial charge in [-0.2, -0.15) is 0 Å². The van der Waals surface area contributed by atoms with Crippen LogP contribution in [-0.4, -0.2) is 19.1 Å². The molecule has 0 aliphatic carbocycles. The average Bonchev–Trinajstić information content (AvgIpc) is 3.34. The monoisotopic (exact) mass is 341 g/mol. The van der Waals surface area contributed by atoms with E-state index in [9.17, 15) is 0 Å². The molecule has 0 fully saturated rings. The van der Waals surface area contributed by atoms with Gasteiger partial charge in [0.15, 0.2) is 5.52 Å². The fraction of sp³-hybridized carbons (Fsp3) is 0.0952. The molecule has 0 bridgehead atoms. The van der Waals surface area contributed by atoms with Crippen molar-refractivity contribution in [3.63, 3.8) is 0 Å². The summed E-state index contributed by atoms with van der Waals surface area (Å²) in [5.74, 6) is 0.938. The van der Waals surface area contributed by atoms with Crippen LogP contribution in [0.5, 0.6) is 0 Å². The van der Waals surface area contributed by atoms with Gasteiger partial charge >= 0.3 is 0 Å². The third kappa shape index (κ3) is 1.57. The first-order valence-electron chi connectivity index (χ1n) is 9.97. The van der Waals surface area contributed by atoms with Gasteiger partial charge in [0.1, 0.15) is 11.2 Å². The Balaban J connectivity index is 1.89. The number of hydrogen-bond acceptors (Lipinski definition) is 2. The molecule has 124 valence electrons. The number of nitrogens with zero attached hydrogens (tertiary/aromatic N) is 5. The van der Waals surface area contributed by atoms with Crippen LogP contribution in [-0.2, 0) is 13.5 Å². The highest BCUT2D eigenvalue weighted by atomic mass is 15.3. The van der Waals surface area contributed by atoms with Crippen LogP contribution in [0.2, 0.25) is 0 Å². The maximum absolute atomic E-state index is 8.23. The number of pyridine rings is 2. The van der Waals surface area contributed by atoms with Gasteiger partial charge in [-0.25, -0.2) is 9.13 Å². The zero-order chi connectivity index (χ0) is 19.8. The lowest BCUT2D eigenvalue weighted by atomic mass is 10.1. The minimum absolute atomic E-state index is 0.601. The molecule has 0 saturated carbocycles. The molecule has 1 aliphatic rings. The molecule has 0 atom stereocenters. The van der Waals surface area contributed by atoms with Gasteiger partial charge < -0.3 is 0 Å². The molecule has 1 aliphatic heterocycles. The van der Waals surface area contributed by atoms with E-state index in [1.165, 1.54) is 4.57 Å². The van der Waals surface area contributed by atoms with Crippen molar-refractivity contribution in [2.75, 3.05) is 0 Å². The summed E-state index contributed by atoms with van der Waals surface area (Å²) in [7, 11) is 0. The van der Waals surface area contributed by atoms with E-state index < -0.39 is 6.98 Å². The number of benzene rings is 1. The molecular weight excluding hydrogens is 322 g/mol. The molecule has 0 radical (unpaired) electrons. The number of para-hydroxylation sites is 1. The molecule has 26 heavy (non-hydrogen) atoms. The van der Waals surface area contributed by atoms with Gasteiger partial charge in [0.2, 0.25) is 5.82 Å². The smallest absolute Gasteiger partial charge is 0.264 e. The Morgan fingerprint density at radius 3 is 2.77 bits per heavy atom.